The number of amides is 2. The van der Waals surface area contributed by atoms with Crippen LogP contribution in [0.1, 0.15) is 5.56 Å². The number of aromatic hydroxyl groups is 1. The Bertz CT molecular complexity index is 1530. The fourth-order valence-electron chi connectivity index (χ4n) is 4.08. The molecule has 1 unspecified atom stereocenters. The monoisotopic (exact) mass is 613 g/mol. The summed E-state index contributed by atoms with van der Waals surface area (Å²) in [5.74, 6) is -1.81. The molecule has 3 heterocycles. The molecule has 1 fully saturated rings. The average molecular weight is 614 g/mol. The number of carbonyl (C=O) groups is 3. The molecule has 1 aromatic heterocycles. The van der Waals surface area contributed by atoms with Crippen molar-refractivity contribution in [3.8, 4) is 5.75 Å². The largest absolute Gasteiger partial charge is 0.508 e. The number of phenols is 1. The van der Waals surface area contributed by atoms with Gasteiger partial charge < -0.3 is 20.4 Å². The van der Waals surface area contributed by atoms with Crippen molar-refractivity contribution in [1.29, 1.82) is 0 Å². The van der Waals surface area contributed by atoms with Gasteiger partial charge in [-0.25, -0.2) is 9.48 Å². The van der Waals surface area contributed by atoms with Crippen molar-refractivity contribution >= 4 is 58.8 Å². The number of aliphatic carboxylic acids is 1. The molecule has 0 aliphatic carbocycles. The van der Waals surface area contributed by atoms with Gasteiger partial charge in [-0.1, -0.05) is 59.0 Å². The molecule has 41 heavy (non-hydrogen) atoms. The highest BCUT2D eigenvalue weighted by Crippen LogP contribution is 2.41. The van der Waals surface area contributed by atoms with Crippen molar-refractivity contribution in [2.75, 3.05) is 17.4 Å². The van der Waals surface area contributed by atoms with Crippen LogP contribution in [0.15, 0.2) is 81.1 Å². The quantitative estimate of drug-likeness (QED) is 0.0718. The number of nitrogens with one attached hydrogen (secondary N) is 1. The van der Waals surface area contributed by atoms with E-state index in [2.05, 4.69) is 26.0 Å². The lowest BCUT2D eigenvalue weighted by molar-refractivity contribution is -0.150. The molecule has 2 aliphatic rings. The number of fused-ring (bicyclic) bond motifs is 1. The number of β-lactam (4-membered cyclic amide) rings is 1. The van der Waals surface area contributed by atoms with E-state index < -0.39 is 29.2 Å². The maximum atomic E-state index is 13.3. The summed E-state index contributed by atoms with van der Waals surface area (Å²) in [6.07, 6.45) is 0. The molecule has 3 N–H and O–H groups in total. The summed E-state index contributed by atoms with van der Waals surface area (Å²) in [7, 11) is 1.67. The van der Waals surface area contributed by atoms with Crippen LogP contribution in [0.5, 0.6) is 5.75 Å². The third-order valence-corrected chi connectivity index (χ3v) is 9.27. The van der Waals surface area contributed by atoms with Crippen molar-refractivity contribution < 1.29 is 29.4 Å². The van der Waals surface area contributed by atoms with Crippen LogP contribution in [0.4, 0.5) is 0 Å². The van der Waals surface area contributed by atoms with Gasteiger partial charge in [0, 0.05) is 29.0 Å². The van der Waals surface area contributed by atoms with Gasteiger partial charge in [-0.3, -0.25) is 14.5 Å². The van der Waals surface area contributed by atoms with E-state index in [1.165, 1.54) is 57.0 Å². The molecule has 2 aliphatic heterocycles. The Morgan fingerprint density at radius 2 is 2.00 bits per heavy atom. The Hall–Kier alpha value is -4.02. The number of oxime groups is 1. The van der Waals surface area contributed by atoms with Crippen LogP contribution >= 0.6 is 35.3 Å². The van der Waals surface area contributed by atoms with Gasteiger partial charge >= 0.3 is 5.97 Å². The fourth-order valence-corrected chi connectivity index (χ4v) is 7.01. The first-order valence-electron chi connectivity index (χ1n) is 12.1. The summed E-state index contributed by atoms with van der Waals surface area (Å²) in [4.78, 5) is 46.2. The lowest BCUT2D eigenvalue weighted by Gasteiger charge is -2.49. The summed E-state index contributed by atoms with van der Waals surface area (Å²) in [6.45, 7) is 0. The van der Waals surface area contributed by atoms with Crippen molar-refractivity contribution in [3.63, 3.8) is 0 Å². The number of tetrazole rings is 1. The van der Waals surface area contributed by atoms with Gasteiger partial charge in [0.15, 0.2) is 11.7 Å². The molecule has 0 saturated carbocycles. The molecular weight excluding hydrogens is 591 g/mol. The number of thioether (sulfide) groups is 3. The molecule has 3 aromatic rings. The molecule has 2 aromatic carbocycles. The van der Waals surface area contributed by atoms with Crippen molar-refractivity contribution in [2.45, 2.75) is 21.5 Å². The Labute approximate surface area is 246 Å². The standard InChI is InChI=1S/C25H23N7O6S3/c1-31-25(27-29-30-31)40-12-15-11-39-23-19(22(35)32(23)20(15)24(36)37)26-21(34)18(14-6-5-7-16(33)10-14)28-38-13-41-17-8-3-2-4-9-17/h2-10,19,23,33H,11-13H2,1H3,(H,26,34)(H,36,37)/b28-18-/t19?,23-/m1/s1. The number of phenolic OH excluding ortho intramolecular Hbond substituents is 1. The summed E-state index contributed by atoms with van der Waals surface area (Å²) in [6, 6.07) is 14.5. The van der Waals surface area contributed by atoms with Gasteiger partial charge in [0.25, 0.3) is 11.8 Å². The molecule has 0 bridgehead atoms. The van der Waals surface area contributed by atoms with Crippen LogP contribution in [0.25, 0.3) is 0 Å². The van der Waals surface area contributed by atoms with Gasteiger partial charge in [0.05, 0.1) is 0 Å². The Kier molecular flexibility index (Phi) is 8.80. The van der Waals surface area contributed by atoms with Crippen LogP contribution in [-0.2, 0) is 26.3 Å². The first-order chi connectivity index (χ1) is 19.8. The second-order valence-corrected chi connectivity index (χ2v) is 11.7. The summed E-state index contributed by atoms with van der Waals surface area (Å²) in [5.41, 5.74) is 0.604. The number of hydrogen-bond donors (Lipinski definition) is 3. The number of nitrogens with zero attached hydrogens (tertiary/aromatic N) is 6. The molecule has 5 rings (SSSR count). The van der Waals surface area contributed by atoms with E-state index in [1.54, 1.807) is 19.2 Å². The van der Waals surface area contributed by atoms with E-state index in [0.717, 1.165) is 4.90 Å². The first kappa shape index (κ1) is 28.5. The predicted octanol–water partition coefficient (Wildman–Crippen LogP) is 1.92. The molecule has 0 radical (unpaired) electrons. The fraction of sp³-hybridized carbons (Fsp3) is 0.240. The highest BCUT2D eigenvalue weighted by molar-refractivity contribution is 8.01. The second-order valence-electron chi connectivity index (χ2n) is 8.69. The third-order valence-electron chi connectivity index (χ3n) is 6.01. The second kappa shape index (κ2) is 12.7. The number of carbonyl (C=O) groups excluding carboxylic acids is 2. The van der Waals surface area contributed by atoms with Crippen LogP contribution in [-0.4, -0.2) is 87.7 Å². The minimum absolute atomic E-state index is 0.0749. The van der Waals surface area contributed by atoms with Gasteiger partial charge in [-0.2, -0.15) is 0 Å². The highest BCUT2D eigenvalue weighted by atomic mass is 32.2. The van der Waals surface area contributed by atoms with Crippen LogP contribution in [0.3, 0.4) is 0 Å². The number of benzene rings is 2. The molecular formula is C25H23N7O6S3. The van der Waals surface area contributed by atoms with Gasteiger partial charge in [-0.05, 0) is 40.3 Å². The van der Waals surface area contributed by atoms with E-state index in [9.17, 15) is 24.6 Å². The van der Waals surface area contributed by atoms with E-state index in [1.807, 2.05) is 30.3 Å². The molecule has 2 atom stereocenters. The zero-order chi connectivity index (χ0) is 28.9. The van der Waals surface area contributed by atoms with Crippen LogP contribution in [0.2, 0.25) is 0 Å². The SMILES string of the molecule is Cn1nnnc1SCC1=C(C(=O)O)N2C(=O)C(NC(=O)/C(=N\OCSc3ccccc3)c3cccc(O)c3)[C@H]2SC1. The number of hydrogen-bond acceptors (Lipinski definition) is 12. The zero-order valence-electron chi connectivity index (χ0n) is 21.4. The number of carboxylic acid groups (broad SMARTS) is 1. The lowest BCUT2D eigenvalue weighted by Crippen LogP contribution is -2.71. The van der Waals surface area contributed by atoms with Crippen molar-refractivity contribution in [2.24, 2.45) is 12.2 Å². The van der Waals surface area contributed by atoms with Crippen molar-refractivity contribution in [1.82, 2.24) is 30.4 Å². The van der Waals surface area contributed by atoms with E-state index in [4.69, 9.17) is 4.84 Å². The summed E-state index contributed by atoms with van der Waals surface area (Å²) >= 11 is 3.99. The topological polar surface area (TPSA) is 172 Å². The number of aromatic nitrogens is 4. The van der Waals surface area contributed by atoms with E-state index in [-0.39, 0.29) is 34.4 Å². The van der Waals surface area contributed by atoms with E-state index in [0.29, 0.717) is 16.5 Å². The Balaban J connectivity index is 1.29. The Morgan fingerprint density at radius 3 is 2.71 bits per heavy atom. The molecule has 212 valence electrons. The van der Waals surface area contributed by atoms with Gasteiger partial charge in [-0.15, -0.1) is 16.9 Å². The normalized spacial score (nSPS) is 18.5. The summed E-state index contributed by atoms with van der Waals surface area (Å²) in [5, 5.41) is 37.7. The lowest BCUT2D eigenvalue weighted by atomic mass is 10.0. The maximum absolute atomic E-state index is 13.3. The average Bonchev–Trinajstić information content (AvgIpc) is 3.38. The molecule has 13 nitrogen and oxygen atoms in total. The van der Waals surface area contributed by atoms with Crippen LogP contribution < -0.4 is 5.32 Å². The molecule has 1 saturated heterocycles. The smallest absolute Gasteiger partial charge is 0.352 e. The number of aryl methyl sites for hydroxylation is 1. The number of carboxylic acids is 1. The predicted molar refractivity (Wildman–Crippen MR) is 152 cm³/mol. The molecule has 2 amide bonds. The van der Waals surface area contributed by atoms with Crippen LogP contribution in [0, 0.1) is 0 Å². The molecule has 0 spiro atoms. The third kappa shape index (κ3) is 6.34. The Morgan fingerprint density at radius 1 is 1.20 bits per heavy atom. The maximum Gasteiger partial charge on any atom is 0.352 e. The minimum atomic E-state index is -1.23. The highest BCUT2D eigenvalue weighted by Gasteiger charge is 2.54. The summed E-state index contributed by atoms with van der Waals surface area (Å²) < 4.78 is 1.47. The minimum Gasteiger partial charge on any atom is -0.508 e. The van der Waals surface area contributed by atoms with Gasteiger partial charge in [0.2, 0.25) is 5.16 Å². The van der Waals surface area contributed by atoms with E-state index >= 15 is 0 Å². The molecule has 16 heteroatoms. The van der Waals surface area contributed by atoms with Gasteiger partial charge in [0.1, 0.15) is 22.9 Å². The number of rotatable bonds is 11. The van der Waals surface area contributed by atoms with Crippen molar-refractivity contribution in [3.05, 3.63) is 71.4 Å². The first-order valence-corrected chi connectivity index (χ1v) is 15.1. The zero-order valence-corrected chi connectivity index (χ0v) is 23.9.